The number of alkyl halides is 1. The Morgan fingerprint density at radius 2 is 1.52 bits per heavy atom. The van der Waals surface area contributed by atoms with Crippen LogP contribution in [0, 0.1) is 0 Å². The van der Waals surface area contributed by atoms with Crippen molar-refractivity contribution in [2.75, 3.05) is 39.6 Å². The second-order valence-electron chi connectivity index (χ2n) is 4.99. The fraction of sp³-hybridized carbons (Fsp3) is 0.467. The molecule has 3 aliphatic rings. The van der Waals surface area contributed by atoms with Gasteiger partial charge in [-0.3, -0.25) is 14.5 Å². The second kappa shape index (κ2) is 5.91. The van der Waals surface area contributed by atoms with Crippen LogP contribution < -0.4 is 0 Å². The van der Waals surface area contributed by atoms with Crippen molar-refractivity contribution in [2.45, 2.75) is 6.42 Å². The molecule has 3 rings (SSSR count). The molecule has 2 bridgehead atoms. The Bertz CT molecular complexity index is 536. The van der Waals surface area contributed by atoms with E-state index in [-0.39, 0.29) is 31.6 Å². The van der Waals surface area contributed by atoms with Crippen molar-refractivity contribution >= 4 is 11.8 Å². The topological polar surface area (TPSA) is 55.8 Å². The van der Waals surface area contributed by atoms with Crippen LogP contribution in [0.25, 0.3) is 0 Å². The summed E-state index contributed by atoms with van der Waals surface area (Å²) < 4.78 is 22.0. The molecule has 0 aromatic heterocycles. The molecule has 0 N–H and O–H groups in total. The maximum absolute atomic E-state index is 12.2. The van der Waals surface area contributed by atoms with Crippen molar-refractivity contribution in [1.29, 1.82) is 0 Å². The van der Waals surface area contributed by atoms with Gasteiger partial charge in [0.05, 0.1) is 44.1 Å². The molecule has 0 spiro atoms. The van der Waals surface area contributed by atoms with Crippen LogP contribution in [0.4, 0.5) is 4.39 Å². The van der Waals surface area contributed by atoms with E-state index in [9.17, 15) is 14.0 Å². The number of hydrogen-bond acceptors (Lipinski definition) is 4. The Balaban J connectivity index is 1.49. The van der Waals surface area contributed by atoms with E-state index in [2.05, 4.69) is 0 Å². The maximum atomic E-state index is 12.2. The van der Waals surface area contributed by atoms with Gasteiger partial charge in [0.2, 0.25) is 0 Å². The van der Waals surface area contributed by atoms with E-state index < -0.39 is 6.67 Å². The van der Waals surface area contributed by atoms with Gasteiger partial charge >= 0.3 is 0 Å². The van der Waals surface area contributed by atoms with Gasteiger partial charge in [-0.15, -0.1) is 0 Å². The molecule has 21 heavy (non-hydrogen) atoms. The number of imide groups is 1. The molecular formula is C15H16FNO4. The third kappa shape index (κ3) is 2.45. The summed E-state index contributed by atoms with van der Waals surface area (Å²) in [5, 5.41) is 0. The van der Waals surface area contributed by atoms with E-state index in [1.807, 2.05) is 12.2 Å². The van der Waals surface area contributed by atoms with Gasteiger partial charge in [0.25, 0.3) is 11.8 Å². The summed E-state index contributed by atoms with van der Waals surface area (Å²) in [6.45, 7) is 0.663. The van der Waals surface area contributed by atoms with Crippen LogP contribution in [0.5, 0.6) is 0 Å². The maximum Gasteiger partial charge on any atom is 0.261 e. The smallest absolute Gasteiger partial charge is 0.261 e. The van der Waals surface area contributed by atoms with Crippen LogP contribution in [0.1, 0.15) is 6.42 Å². The fourth-order valence-electron chi connectivity index (χ4n) is 2.77. The van der Waals surface area contributed by atoms with Crippen LogP contribution in [0.2, 0.25) is 0 Å². The van der Waals surface area contributed by atoms with Crippen LogP contribution >= 0.6 is 0 Å². The van der Waals surface area contributed by atoms with Crippen LogP contribution in [-0.4, -0.2) is 56.4 Å². The number of allylic oxidation sites excluding steroid dienone is 4. The molecule has 1 fully saturated rings. The first-order valence-electron chi connectivity index (χ1n) is 6.96. The first-order chi connectivity index (χ1) is 10.2. The molecule has 0 saturated carbocycles. The van der Waals surface area contributed by atoms with E-state index >= 15 is 0 Å². The van der Waals surface area contributed by atoms with Crippen molar-refractivity contribution in [3.63, 3.8) is 0 Å². The molecule has 1 saturated heterocycles. The minimum Gasteiger partial charge on any atom is -0.377 e. The highest BCUT2D eigenvalue weighted by atomic mass is 19.1. The number of fused-ring (bicyclic) bond motifs is 3. The van der Waals surface area contributed by atoms with Crippen molar-refractivity contribution in [1.82, 2.24) is 4.90 Å². The highest BCUT2D eigenvalue weighted by Crippen LogP contribution is 2.43. The van der Waals surface area contributed by atoms with E-state index in [0.29, 0.717) is 30.8 Å². The standard InChI is InChI=1S/C15H16FNO4/c16-3-5-20-7-8-21-6-4-17-14(18)12-10-1-2-11(9-10)13(12)15(17)19/h1-2H,3-9H2. The molecule has 2 aliphatic carbocycles. The number of rotatable bonds is 8. The third-order valence-electron chi connectivity index (χ3n) is 3.73. The molecule has 1 heterocycles. The molecular weight excluding hydrogens is 277 g/mol. The van der Waals surface area contributed by atoms with Gasteiger partial charge in [0.1, 0.15) is 6.67 Å². The number of carbonyl (C=O) groups excluding carboxylic acids is 2. The Kier molecular flexibility index (Phi) is 3.98. The lowest BCUT2D eigenvalue weighted by Gasteiger charge is -2.13. The van der Waals surface area contributed by atoms with Gasteiger partial charge in [-0.2, -0.15) is 0 Å². The van der Waals surface area contributed by atoms with Crippen LogP contribution in [-0.2, 0) is 19.1 Å². The molecule has 112 valence electrons. The number of nitrogens with zero attached hydrogens (tertiary/aromatic N) is 1. The molecule has 1 aliphatic heterocycles. The molecule has 0 unspecified atom stereocenters. The van der Waals surface area contributed by atoms with Crippen molar-refractivity contribution in [2.24, 2.45) is 0 Å². The van der Waals surface area contributed by atoms with E-state index in [1.54, 1.807) is 0 Å². The number of halogens is 1. The summed E-state index contributed by atoms with van der Waals surface area (Å²) in [5.74, 6) is -0.441. The highest BCUT2D eigenvalue weighted by Gasteiger charge is 2.45. The number of ether oxygens (including phenoxy) is 2. The highest BCUT2D eigenvalue weighted by molar-refractivity contribution is 6.26. The first kappa shape index (κ1) is 14.2. The predicted molar refractivity (Wildman–Crippen MR) is 72.1 cm³/mol. The third-order valence-corrected chi connectivity index (χ3v) is 3.73. The lowest BCUT2D eigenvalue weighted by Crippen LogP contribution is -2.33. The number of carbonyl (C=O) groups is 2. The summed E-state index contributed by atoms with van der Waals surface area (Å²) in [6.07, 6.45) is 4.52. The Morgan fingerprint density at radius 1 is 0.952 bits per heavy atom. The predicted octanol–water partition coefficient (Wildman–Crippen LogP) is 0.925. The van der Waals surface area contributed by atoms with Crippen molar-refractivity contribution in [3.8, 4) is 0 Å². The number of amides is 2. The second-order valence-corrected chi connectivity index (χ2v) is 4.99. The SMILES string of the molecule is O=C1C2=C3C=CC(=C2C(=O)N1CCOCCOCCF)C3. The summed E-state index contributed by atoms with van der Waals surface area (Å²) in [7, 11) is 0. The van der Waals surface area contributed by atoms with Crippen molar-refractivity contribution < 1.29 is 23.5 Å². The van der Waals surface area contributed by atoms with E-state index in [4.69, 9.17) is 9.47 Å². The van der Waals surface area contributed by atoms with Crippen LogP contribution in [0.15, 0.2) is 34.4 Å². The van der Waals surface area contributed by atoms with E-state index in [0.717, 1.165) is 11.1 Å². The zero-order valence-corrected chi connectivity index (χ0v) is 11.6. The van der Waals surface area contributed by atoms with Gasteiger partial charge in [0.15, 0.2) is 0 Å². The lowest BCUT2D eigenvalue weighted by atomic mass is 10.1. The van der Waals surface area contributed by atoms with Crippen molar-refractivity contribution in [3.05, 3.63) is 34.4 Å². The summed E-state index contributed by atoms with van der Waals surface area (Å²) in [4.78, 5) is 25.7. The fourth-order valence-corrected chi connectivity index (χ4v) is 2.77. The minimum atomic E-state index is -0.514. The van der Waals surface area contributed by atoms with Gasteiger partial charge in [-0.25, -0.2) is 4.39 Å². The van der Waals surface area contributed by atoms with Gasteiger partial charge < -0.3 is 9.47 Å². The molecule has 0 atom stereocenters. The summed E-state index contributed by atoms with van der Waals surface area (Å²) >= 11 is 0. The lowest BCUT2D eigenvalue weighted by molar-refractivity contribution is -0.137. The van der Waals surface area contributed by atoms with Gasteiger partial charge in [0, 0.05) is 0 Å². The van der Waals surface area contributed by atoms with Crippen LogP contribution in [0.3, 0.4) is 0 Å². The zero-order valence-electron chi connectivity index (χ0n) is 11.6. The summed E-state index contributed by atoms with van der Waals surface area (Å²) in [5.41, 5.74) is 3.04. The largest absolute Gasteiger partial charge is 0.377 e. The number of likely N-dealkylation sites (tertiary alicyclic amines) is 1. The monoisotopic (exact) mass is 293 g/mol. The average Bonchev–Trinajstić information content (AvgIpc) is 3.15. The molecule has 5 nitrogen and oxygen atoms in total. The summed E-state index contributed by atoms with van der Waals surface area (Å²) in [6, 6.07) is 0. The number of hydrogen-bond donors (Lipinski definition) is 0. The molecule has 0 aromatic carbocycles. The quantitative estimate of drug-likeness (QED) is 0.493. The normalized spacial score (nSPS) is 19.6. The van der Waals surface area contributed by atoms with Gasteiger partial charge in [-0.1, -0.05) is 12.2 Å². The Morgan fingerprint density at radius 3 is 2.10 bits per heavy atom. The zero-order chi connectivity index (χ0) is 14.8. The minimum absolute atomic E-state index is 0.0628. The first-order valence-corrected chi connectivity index (χ1v) is 6.96. The molecule has 6 heteroatoms. The Labute approximate surface area is 121 Å². The molecule has 0 aromatic rings. The average molecular weight is 293 g/mol. The molecule has 0 radical (unpaired) electrons. The van der Waals surface area contributed by atoms with Gasteiger partial charge in [-0.05, 0) is 17.6 Å². The van der Waals surface area contributed by atoms with E-state index in [1.165, 1.54) is 4.90 Å². The Hall–Kier alpha value is -1.79. The molecule has 2 amide bonds.